The van der Waals surface area contributed by atoms with E-state index in [2.05, 4.69) is 4.98 Å². The van der Waals surface area contributed by atoms with Gasteiger partial charge in [0.25, 0.3) is 0 Å². The van der Waals surface area contributed by atoms with Gasteiger partial charge in [-0.2, -0.15) is 0 Å². The molecule has 4 heteroatoms. The summed E-state index contributed by atoms with van der Waals surface area (Å²) >= 11 is 0. The van der Waals surface area contributed by atoms with Gasteiger partial charge in [0.1, 0.15) is 5.82 Å². The normalized spacial score (nSPS) is 15.1. The maximum atomic E-state index is 12.6. The third kappa shape index (κ3) is 2.27. The standard InChI is InChI=1S/C10H15FN2O/c1-10(7-12,4-5-14)9-3-2-8(11)6-13-9/h2-3,6,14H,4-5,7,12H2,1H3. The lowest BCUT2D eigenvalue weighted by Crippen LogP contribution is -2.33. The maximum Gasteiger partial charge on any atom is 0.141 e. The Kier molecular flexibility index (Phi) is 3.55. The van der Waals surface area contributed by atoms with Crippen molar-refractivity contribution in [3.8, 4) is 0 Å². The Morgan fingerprint density at radius 3 is 2.71 bits per heavy atom. The minimum absolute atomic E-state index is 0.0484. The molecular formula is C10H15FN2O. The molecule has 1 aromatic rings. The van der Waals surface area contributed by atoms with E-state index in [-0.39, 0.29) is 17.8 Å². The second kappa shape index (κ2) is 4.48. The molecule has 0 aliphatic rings. The molecule has 14 heavy (non-hydrogen) atoms. The van der Waals surface area contributed by atoms with Crippen molar-refractivity contribution in [2.75, 3.05) is 13.2 Å². The third-order valence-corrected chi connectivity index (χ3v) is 2.46. The highest BCUT2D eigenvalue weighted by molar-refractivity contribution is 5.16. The maximum absolute atomic E-state index is 12.6. The van der Waals surface area contributed by atoms with Gasteiger partial charge in [-0.25, -0.2) is 4.39 Å². The minimum Gasteiger partial charge on any atom is -0.396 e. The van der Waals surface area contributed by atoms with Gasteiger partial charge in [-0.05, 0) is 18.6 Å². The van der Waals surface area contributed by atoms with Gasteiger partial charge in [-0.1, -0.05) is 6.92 Å². The van der Waals surface area contributed by atoms with E-state index in [0.717, 1.165) is 5.69 Å². The molecule has 3 nitrogen and oxygen atoms in total. The van der Waals surface area contributed by atoms with E-state index in [4.69, 9.17) is 10.8 Å². The molecule has 0 radical (unpaired) electrons. The predicted molar refractivity (Wildman–Crippen MR) is 52.3 cm³/mol. The molecule has 1 unspecified atom stereocenters. The van der Waals surface area contributed by atoms with E-state index in [0.29, 0.717) is 13.0 Å². The number of pyridine rings is 1. The summed E-state index contributed by atoms with van der Waals surface area (Å²) in [6.07, 6.45) is 1.70. The molecule has 0 bridgehead atoms. The highest BCUT2D eigenvalue weighted by atomic mass is 19.1. The fourth-order valence-corrected chi connectivity index (χ4v) is 1.31. The highest BCUT2D eigenvalue weighted by Crippen LogP contribution is 2.24. The summed E-state index contributed by atoms with van der Waals surface area (Å²) in [7, 11) is 0. The van der Waals surface area contributed by atoms with Crippen molar-refractivity contribution < 1.29 is 9.50 Å². The third-order valence-electron chi connectivity index (χ3n) is 2.46. The van der Waals surface area contributed by atoms with Crippen LogP contribution in [0, 0.1) is 5.82 Å². The molecule has 1 aromatic heterocycles. The molecule has 0 aliphatic heterocycles. The van der Waals surface area contributed by atoms with Crippen molar-refractivity contribution in [2.45, 2.75) is 18.8 Å². The summed E-state index contributed by atoms with van der Waals surface area (Å²) in [5.74, 6) is -0.364. The molecule has 3 N–H and O–H groups in total. The van der Waals surface area contributed by atoms with Crippen LogP contribution in [0.5, 0.6) is 0 Å². The summed E-state index contributed by atoms with van der Waals surface area (Å²) in [5, 5.41) is 8.89. The molecule has 0 saturated heterocycles. The van der Waals surface area contributed by atoms with Crippen LogP contribution in [-0.4, -0.2) is 23.2 Å². The van der Waals surface area contributed by atoms with Crippen molar-refractivity contribution >= 4 is 0 Å². The lowest BCUT2D eigenvalue weighted by Gasteiger charge is -2.26. The van der Waals surface area contributed by atoms with Crippen molar-refractivity contribution in [3.05, 3.63) is 29.8 Å². The highest BCUT2D eigenvalue weighted by Gasteiger charge is 2.25. The van der Waals surface area contributed by atoms with Gasteiger partial charge < -0.3 is 10.8 Å². The van der Waals surface area contributed by atoms with Crippen LogP contribution in [0.3, 0.4) is 0 Å². The quantitative estimate of drug-likeness (QED) is 0.753. The minimum atomic E-state index is -0.373. The zero-order valence-corrected chi connectivity index (χ0v) is 8.20. The number of nitrogens with zero attached hydrogens (tertiary/aromatic N) is 1. The van der Waals surface area contributed by atoms with Crippen molar-refractivity contribution in [1.29, 1.82) is 0 Å². The van der Waals surface area contributed by atoms with Gasteiger partial charge >= 0.3 is 0 Å². The second-order valence-electron chi connectivity index (χ2n) is 3.60. The van der Waals surface area contributed by atoms with Crippen LogP contribution in [0.25, 0.3) is 0 Å². The zero-order valence-electron chi connectivity index (χ0n) is 8.20. The summed E-state index contributed by atoms with van der Waals surface area (Å²) in [5.41, 5.74) is 5.96. The first-order valence-corrected chi connectivity index (χ1v) is 4.55. The molecule has 78 valence electrons. The van der Waals surface area contributed by atoms with Gasteiger partial charge in [0, 0.05) is 24.3 Å². The van der Waals surface area contributed by atoms with Gasteiger partial charge in [0.15, 0.2) is 0 Å². The fourth-order valence-electron chi connectivity index (χ4n) is 1.31. The molecule has 0 aromatic carbocycles. The summed E-state index contributed by atoms with van der Waals surface area (Å²) < 4.78 is 12.6. The Morgan fingerprint density at radius 1 is 1.57 bits per heavy atom. The Hall–Kier alpha value is -1.00. The first-order chi connectivity index (χ1) is 6.62. The number of aliphatic hydroxyl groups excluding tert-OH is 1. The van der Waals surface area contributed by atoms with Crippen LogP contribution >= 0.6 is 0 Å². The molecule has 0 amide bonds. The molecule has 1 atom stereocenters. The molecule has 1 rings (SSSR count). The monoisotopic (exact) mass is 198 g/mol. The number of hydrogen-bond acceptors (Lipinski definition) is 3. The van der Waals surface area contributed by atoms with E-state index in [1.807, 2.05) is 6.92 Å². The molecular weight excluding hydrogens is 183 g/mol. The fraction of sp³-hybridized carbons (Fsp3) is 0.500. The lowest BCUT2D eigenvalue weighted by molar-refractivity contribution is 0.244. The Bertz CT molecular complexity index is 289. The SMILES string of the molecule is CC(CN)(CCO)c1ccc(F)cn1. The van der Waals surface area contributed by atoms with E-state index >= 15 is 0 Å². The number of hydrogen-bond donors (Lipinski definition) is 2. The first-order valence-electron chi connectivity index (χ1n) is 4.55. The molecule has 0 fully saturated rings. The predicted octanol–water partition coefficient (Wildman–Crippen LogP) is 0.820. The van der Waals surface area contributed by atoms with Crippen LogP contribution in [0.1, 0.15) is 19.0 Å². The van der Waals surface area contributed by atoms with Crippen molar-refractivity contribution in [1.82, 2.24) is 4.98 Å². The largest absolute Gasteiger partial charge is 0.396 e. The van der Waals surface area contributed by atoms with Crippen LogP contribution in [-0.2, 0) is 5.41 Å². The summed E-state index contributed by atoms with van der Waals surface area (Å²) in [4.78, 5) is 3.97. The van der Waals surface area contributed by atoms with Crippen LogP contribution < -0.4 is 5.73 Å². The topological polar surface area (TPSA) is 59.1 Å². The van der Waals surface area contributed by atoms with Gasteiger partial charge in [0.2, 0.25) is 0 Å². The zero-order chi connectivity index (χ0) is 10.6. The van der Waals surface area contributed by atoms with Crippen molar-refractivity contribution in [3.63, 3.8) is 0 Å². The number of aromatic nitrogens is 1. The van der Waals surface area contributed by atoms with Gasteiger partial charge in [-0.3, -0.25) is 4.98 Å². The second-order valence-corrected chi connectivity index (χ2v) is 3.60. The van der Waals surface area contributed by atoms with Crippen LogP contribution in [0.2, 0.25) is 0 Å². The van der Waals surface area contributed by atoms with Gasteiger partial charge in [-0.15, -0.1) is 0 Å². The molecule has 0 spiro atoms. The van der Waals surface area contributed by atoms with E-state index < -0.39 is 0 Å². The average Bonchev–Trinajstić information content (AvgIpc) is 2.19. The number of nitrogens with two attached hydrogens (primary N) is 1. The van der Waals surface area contributed by atoms with E-state index in [1.165, 1.54) is 12.3 Å². The van der Waals surface area contributed by atoms with E-state index in [9.17, 15) is 4.39 Å². The average molecular weight is 198 g/mol. The van der Waals surface area contributed by atoms with Crippen LogP contribution in [0.15, 0.2) is 18.3 Å². The Balaban J connectivity index is 2.94. The Labute approximate surface area is 82.8 Å². The van der Waals surface area contributed by atoms with Crippen LogP contribution in [0.4, 0.5) is 4.39 Å². The van der Waals surface area contributed by atoms with Gasteiger partial charge in [0.05, 0.1) is 6.20 Å². The summed E-state index contributed by atoms with van der Waals surface area (Å²) in [6.45, 7) is 2.34. The first kappa shape index (κ1) is 11.1. The Morgan fingerprint density at radius 2 is 2.29 bits per heavy atom. The molecule has 0 saturated carbocycles. The van der Waals surface area contributed by atoms with Crippen molar-refractivity contribution in [2.24, 2.45) is 5.73 Å². The number of aliphatic hydroxyl groups is 1. The smallest absolute Gasteiger partial charge is 0.141 e. The van der Waals surface area contributed by atoms with E-state index in [1.54, 1.807) is 6.07 Å². The number of halogens is 1. The molecule has 0 aliphatic carbocycles. The molecule has 1 heterocycles. The summed E-state index contributed by atoms with van der Waals surface area (Å²) in [6, 6.07) is 2.96. The lowest BCUT2D eigenvalue weighted by atomic mass is 9.83. The number of rotatable bonds is 4.